The number of hydrogen-bond donors (Lipinski definition) is 0. The molecule has 1 nitrogen and oxygen atoms in total. The lowest BCUT2D eigenvalue weighted by Crippen LogP contribution is -2.16. The van der Waals surface area contributed by atoms with E-state index in [-0.39, 0.29) is 0 Å². The highest BCUT2D eigenvalue weighted by Crippen LogP contribution is 2.09. The monoisotopic (exact) mass is 211 g/mol. The van der Waals surface area contributed by atoms with E-state index in [0.717, 1.165) is 10.6 Å². The van der Waals surface area contributed by atoms with Gasteiger partial charge in [-0.2, -0.15) is 0 Å². The van der Waals surface area contributed by atoms with Crippen molar-refractivity contribution < 1.29 is 0 Å². The summed E-state index contributed by atoms with van der Waals surface area (Å²) in [5.41, 5.74) is 1.12. The second kappa shape index (κ2) is 4.07. The largest absolute Gasteiger partial charge is 0.329 e. The van der Waals surface area contributed by atoms with Crippen LogP contribution in [0, 0.1) is 0 Å². The van der Waals surface area contributed by atoms with E-state index in [1.165, 1.54) is 0 Å². The third kappa shape index (κ3) is 4.25. The summed E-state index contributed by atoms with van der Waals surface area (Å²) in [5, 5.41) is 0.769. The standard InChI is InChI=1S/C10H14ClNSi/c1-13(2,3)12-8-9-4-6-10(11)7-5-9/h4-8H,1-3H3. The number of halogens is 1. The molecule has 0 N–H and O–H groups in total. The van der Waals surface area contributed by atoms with E-state index in [9.17, 15) is 0 Å². The summed E-state index contributed by atoms with van der Waals surface area (Å²) in [4.78, 5) is 0. The number of nitrogens with zero attached hydrogens (tertiary/aromatic N) is 1. The summed E-state index contributed by atoms with van der Waals surface area (Å²) in [6, 6.07) is 7.72. The SMILES string of the molecule is C[Si](C)(C)N=Cc1ccc(Cl)cc1. The maximum absolute atomic E-state index is 5.77. The first-order chi connectivity index (χ1) is 5.97. The molecule has 0 spiro atoms. The summed E-state index contributed by atoms with van der Waals surface area (Å²) in [7, 11) is -1.32. The predicted octanol–water partition coefficient (Wildman–Crippen LogP) is 3.59. The van der Waals surface area contributed by atoms with Gasteiger partial charge in [0.25, 0.3) is 0 Å². The zero-order valence-electron chi connectivity index (χ0n) is 8.21. The smallest absolute Gasteiger partial charge is 0.172 e. The highest BCUT2D eigenvalue weighted by Gasteiger charge is 2.08. The number of benzene rings is 1. The predicted molar refractivity (Wildman–Crippen MR) is 62.4 cm³/mol. The number of hydrogen-bond acceptors (Lipinski definition) is 1. The lowest BCUT2D eigenvalue weighted by molar-refractivity contribution is 1.56. The first kappa shape index (κ1) is 10.5. The van der Waals surface area contributed by atoms with Crippen molar-refractivity contribution in [2.45, 2.75) is 19.6 Å². The zero-order chi connectivity index (χ0) is 9.90. The van der Waals surface area contributed by atoms with Gasteiger partial charge in [0.15, 0.2) is 8.24 Å². The van der Waals surface area contributed by atoms with Gasteiger partial charge in [-0.25, -0.2) is 0 Å². The second-order valence-corrected chi connectivity index (χ2v) is 9.02. The maximum Gasteiger partial charge on any atom is 0.172 e. The topological polar surface area (TPSA) is 12.4 Å². The van der Waals surface area contributed by atoms with E-state index >= 15 is 0 Å². The molecule has 13 heavy (non-hydrogen) atoms. The molecule has 0 fully saturated rings. The van der Waals surface area contributed by atoms with E-state index < -0.39 is 8.24 Å². The van der Waals surface area contributed by atoms with Crippen LogP contribution in [-0.4, -0.2) is 14.5 Å². The van der Waals surface area contributed by atoms with Crippen LogP contribution in [0.3, 0.4) is 0 Å². The first-order valence-electron chi connectivity index (χ1n) is 4.28. The lowest BCUT2D eigenvalue weighted by atomic mass is 10.2. The molecule has 0 atom stereocenters. The number of rotatable bonds is 2. The van der Waals surface area contributed by atoms with Crippen LogP contribution in [0.1, 0.15) is 5.56 Å². The van der Waals surface area contributed by atoms with Crippen LogP contribution in [-0.2, 0) is 0 Å². The maximum atomic E-state index is 5.77. The van der Waals surface area contributed by atoms with E-state index in [2.05, 4.69) is 24.3 Å². The van der Waals surface area contributed by atoms with Gasteiger partial charge in [-0.05, 0) is 37.3 Å². The van der Waals surface area contributed by atoms with Crippen molar-refractivity contribution in [3.05, 3.63) is 34.9 Å². The zero-order valence-corrected chi connectivity index (χ0v) is 9.97. The van der Waals surface area contributed by atoms with Crippen LogP contribution in [0.5, 0.6) is 0 Å². The summed E-state index contributed by atoms with van der Waals surface area (Å²) >= 11 is 5.77. The lowest BCUT2D eigenvalue weighted by Gasteiger charge is -2.07. The Kier molecular flexibility index (Phi) is 3.28. The van der Waals surface area contributed by atoms with Crippen molar-refractivity contribution in [2.75, 3.05) is 0 Å². The summed E-state index contributed by atoms with van der Waals surface area (Å²) in [6.45, 7) is 6.62. The summed E-state index contributed by atoms with van der Waals surface area (Å²) in [6.07, 6.45) is 1.93. The molecule has 0 heterocycles. The van der Waals surface area contributed by atoms with Crippen molar-refractivity contribution >= 4 is 26.1 Å². The Bertz CT molecular complexity index is 298. The average molecular weight is 212 g/mol. The van der Waals surface area contributed by atoms with Gasteiger partial charge in [0, 0.05) is 11.2 Å². The fourth-order valence-electron chi connectivity index (χ4n) is 0.817. The Morgan fingerprint density at radius 3 is 2.15 bits per heavy atom. The molecule has 0 bridgehead atoms. The Hall–Kier alpha value is -0.603. The quantitative estimate of drug-likeness (QED) is 0.524. The average Bonchev–Trinajstić information content (AvgIpc) is 2.02. The molecule has 1 rings (SSSR count). The van der Waals surface area contributed by atoms with Crippen molar-refractivity contribution in [1.82, 2.24) is 0 Å². The molecule has 0 aromatic heterocycles. The van der Waals surface area contributed by atoms with E-state index in [1.54, 1.807) is 0 Å². The molecular formula is C10H14ClNSi. The summed E-state index contributed by atoms with van der Waals surface area (Å²) < 4.78 is 4.53. The van der Waals surface area contributed by atoms with Gasteiger partial charge in [-0.15, -0.1) is 0 Å². The molecule has 1 aromatic rings. The molecule has 0 aliphatic carbocycles. The minimum atomic E-state index is -1.32. The highest BCUT2D eigenvalue weighted by molar-refractivity contribution is 6.75. The fourth-order valence-corrected chi connectivity index (χ4v) is 1.48. The second-order valence-electron chi connectivity index (χ2n) is 3.98. The van der Waals surface area contributed by atoms with Gasteiger partial charge >= 0.3 is 0 Å². The molecule has 0 radical (unpaired) electrons. The molecular weight excluding hydrogens is 198 g/mol. The molecule has 70 valence electrons. The molecule has 0 aliphatic rings. The van der Waals surface area contributed by atoms with Gasteiger partial charge in [-0.1, -0.05) is 23.7 Å². The normalized spacial score (nSPS) is 12.3. The fraction of sp³-hybridized carbons (Fsp3) is 0.300. The molecule has 0 aliphatic heterocycles. The van der Waals surface area contributed by atoms with Crippen molar-refractivity contribution in [1.29, 1.82) is 0 Å². The molecule has 0 saturated heterocycles. The van der Waals surface area contributed by atoms with Gasteiger partial charge in [0.2, 0.25) is 0 Å². The van der Waals surface area contributed by atoms with Crippen LogP contribution in [0.4, 0.5) is 0 Å². The van der Waals surface area contributed by atoms with Crippen molar-refractivity contribution in [3.8, 4) is 0 Å². The molecule has 0 saturated carbocycles. The Labute approximate surface area is 85.6 Å². The van der Waals surface area contributed by atoms with Crippen LogP contribution in [0.25, 0.3) is 0 Å². The Balaban J connectivity index is 2.75. The van der Waals surface area contributed by atoms with Crippen LogP contribution in [0.2, 0.25) is 24.7 Å². The van der Waals surface area contributed by atoms with Crippen LogP contribution in [0.15, 0.2) is 28.9 Å². The molecule has 0 amide bonds. The van der Waals surface area contributed by atoms with Gasteiger partial charge in [0.05, 0.1) is 0 Å². The molecule has 0 unspecified atom stereocenters. The Morgan fingerprint density at radius 2 is 1.69 bits per heavy atom. The molecule has 3 heteroatoms. The van der Waals surface area contributed by atoms with Crippen molar-refractivity contribution in [3.63, 3.8) is 0 Å². The summed E-state index contributed by atoms with van der Waals surface area (Å²) in [5.74, 6) is 0. The van der Waals surface area contributed by atoms with Crippen LogP contribution >= 0.6 is 11.6 Å². The molecule has 1 aromatic carbocycles. The highest BCUT2D eigenvalue weighted by atomic mass is 35.5. The third-order valence-corrected chi connectivity index (χ3v) is 2.63. The van der Waals surface area contributed by atoms with Gasteiger partial charge in [-0.3, -0.25) is 0 Å². The van der Waals surface area contributed by atoms with Crippen molar-refractivity contribution in [2.24, 2.45) is 4.66 Å². The Morgan fingerprint density at radius 1 is 1.15 bits per heavy atom. The van der Waals surface area contributed by atoms with Crippen LogP contribution < -0.4 is 0 Å². The first-order valence-corrected chi connectivity index (χ1v) is 8.11. The van der Waals surface area contributed by atoms with E-state index in [1.807, 2.05) is 30.5 Å². The van der Waals surface area contributed by atoms with Gasteiger partial charge in [0.1, 0.15) is 0 Å². The minimum absolute atomic E-state index is 0.769. The van der Waals surface area contributed by atoms with E-state index in [0.29, 0.717) is 0 Å². The van der Waals surface area contributed by atoms with Gasteiger partial charge < -0.3 is 4.66 Å². The third-order valence-electron chi connectivity index (χ3n) is 1.47. The van der Waals surface area contributed by atoms with E-state index in [4.69, 9.17) is 11.6 Å². The minimum Gasteiger partial charge on any atom is -0.329 e.